The number of carbonyl (C=O) groups excluding carboxylic acids is 1. The normalized spacial score (nSPS) is 14.1. The summed E-state index contributed by atoms with van der Waals surface area (Å²) >= 11 is 0. The Morgan fingerprint density at radius 2 is 1.86 bits per heavy atom. The lowest BCUT2D eigenvalue weighted by Crippen LogP contribution is -2.43. The molecular weight excluding hydrogens is 192 g/mol. The van der Waals surface area contributed by atoms with Crippen LogP contribution in [0.25, 0.3) is 0 Å². The van der Waals surface area contributed by atoms with Crippen LogP contribution < -0.4 is 0 Å². The highest BCUT2D eigenvalue weighted by Gasteiger charge is 2.38. The van der Waals surface area contributed by atoms with Gasteiger partial charge in [-0.15, -0.1) is 0 Å². The second kappa shape index (κ2) is 4.76. The first-order valence-electron chi connectivity index (χ1n) is 4.83. The molecule has 0 amide bonds. The number of aldehydes is 1. The molecule has 0 saturated heterocycles. The number of hydrogen-bond acceptors (Lipinski definition) is 2. The van der Waals surface area contributed by atoms with E-state index in [0.717, 1.165) is 0 Å². The Labute approximate surface area is 88.2 Å². The largest absolute Gasteiger partial charge is 0.404 e. The molecule has 0 aromatic heterocycles. The minimum atomic E-state index is -1.74. The first-order valence-corrected chi connectivity index (χ1v) is 7.74. The van der Waals surface area contributed by atoms with Crippen molar-refractivity contribution in [3.63, 3.8) is 0 Å². The third-order valence-corrected chi connectivity index (χ3v) is 7.18. The second-order valence-electron chi connectivity index (χ2n) is 4.93. The molecule has 80 valence electrons. The third kappa shape index (κ3) is 4.08. The number of rotatable bonds is 2. The van der Waals surface area contributed by atoms with E-state index in [0.29, 0.717) is 6.29 Å². The van der Waals surface area contributed by atoms with Gasteiger partial charge < -0.3 is 4.43 Å². The van der Waals surface area contributed by atoms with Crippen molar-refractivity contribution in [2.45, 2.75) is 51.9 Å². The molecule has 2 nitrogen and oxygen atoms in total. The maximum atomic E-state index is 10.1. The Kier molecular flexibility index (Phi) is 4.56. The number of carbonyl (C=O) groups is 1. The SMILES string of the molecule is CC(C#CC=O)O[Si](C)(C)C(C)(C)C. The molecule has 1 atom stereocenters. The zero-order valence-electron chi connectivity index (χ0n) is 9.97. The zero-order chi connectivity index (χ0) is 11.4. The van der Waals surface area contributed by atoms with E-state index in [9.17, 15) is 4.79 Å². The van der Waals surface area contributed by atoms with Crippen molar-refractivity contribution in [3.8, 4) is 11.8 Å². The van der Waals surface area contributed by atoms with Crippen LogP contribution in [0, 0.1) is 11.8 Å². The molecule has 0 fully saturated rings. The van der Waals surface area contributed by atoms with Crippen LogP contribution in [0.2, 0.25) is 18.1 Å². The van der Waals surface area contributed by atoms with Crippen molar-refractivity contribution < 1.29 is 9.22 Å². The Morgan fingerprint density at radius 3 is 2.21 bits per heavy atom. The van der Waals surface area contributed by atoms with E-state index >= 15 is 0 Å². The lowest BCUT2D eigenvalue weighted by Gasteiger charge is -2.37. The van der Waals surface area contributed by atoms with E-state index in [1.54, 1.807) is 0 Å². The average molecular weight is 212 g/mol. The molecule has 3 heteroatoms. The third-order valence-electron chi connectivity index (χ3n) is 2.62. The van der Waals surface area contributed by atoms with Gasteiger partial charge in [-0.25, -0.2) is 0 Å². The highest BCUT2D eigenvalue weighted by molar-refractivity contribution is 6.74. The Hall–Kier alpha value is -0.593. The summed E-state index contributed by atoms with van der Waals surface area (Å²) in [6.45, 7) is 12.8. The highest BCUT2D eigenvalue weighted by atomic mass is 28.4. The van der Waals surface area contributed by atoms with Gasteiger partial charge in [0.25, 0.3) is 0 Å². The summed E-state index contributed by atoms with van der Waals surface area (Å²) in [5, 5.41) is 0.185. The summed E-state index contributed by atoms with van der Waals surface area (Å²) in [4.78, 5) is 10.1. The highest BCUT2D eigenvalue weighted by Crippen LogP contribution is 2.37. The van der Waals surface area contributed by atoms with E-state index in [-0.39, 0.29) is 11.1 Å². The van der Waals surface area contributed by atoms with E-state index in [4.69, 9.17) is 4.43 Å². The summed E-state index contributed by atoms with van der Waals surface area (Å²) in [6.07, 6.45) is 0.451. The lowest BCUT2D eigenvalue weighted by molar-refractivity contribution is -0.103. The van der Waals surface area contributed by atoms with Crippen molar-refractivity contribution in [3.05, 3.63) is 0 Å². The van der Waals surface area contributed by atoms with E-state index in [1.165, 1.54) is 0 Å². The zero-order valence-corrected chi connectivity index (χ0v) is 11.0. The smallest absolute Gasteiger partial charge is 0.193 e. The van der Waals surface area contributed by atoms with Crippen LogP contribution in [0.15, 0.2) is 0 Å². The van der Waals surface area contributed by atoms with Crippen LogP contribution in [0.1, 0.15) is 27.7 Å². The summed E-state index contributed by atoms with van der Waals surface area (Å²) in [7, 11) is -1.74. The molecule has 0 spiro atoms. The van der Waals surface area contributed by atoms with Gasteiger partial charge in [0.2, 0.25) is 0 Å². The fraction of sp³-hybridized carbons (Fsp3) is 0.727. The van der Waals surface area contributed by atoms with Crippen molar-refractivity contribution in [2.75, 3.05) is 0 Å². The topological polar surface area (TPSA) is 26.3 Å². The fourth-order valence-electron chi connectivity index (χ4n) is 0.800. The van der Waals surface area contributed by atoms with Gasteiger partial charge in [-0.3, -0.25) is 4.79 Å². The first-order chi connectivity index (χ1) is 6.20. The minimum absolute atomic E-state index is 0.152. The quantitative estimate of drug-likeness (QED) is 0.399. The van der Waals surface area contributed by atoms with Crippen molar-refractivity contribution in [1.82, 2.24) is 0 Å². The molecule has 0 aliphatic rings. The maximum Gasteiger partial charge on any atom is 0.193 e. The standard InChI is InChI=1S/C11H20O2Si/c1-10(8-7-9-12)13-14(5,6)11(2,3)4/h9-10H,1-6H3. The summed E-state index contributed by atoms with van der Waals surface area (Å²) < 4.78 is 5.91. The molecule has 0 heterocycles. The van der Waals surface area contributed by atoms with Gasteiger partial charge in [-0.05, 0) is 31.0 Å². The molecule has 0 N–H and O–H groups in total. The molecule has 0 aliphatic carbocycles. The van der Waals surface area contributed by atoms with Gasteiger partial charge in [-0.1, -0.05) is 26.7 Å². The van der Waals surface area contributed by atoms with Crippen molar-refractivity contribution in [1.29, 1.82) is 0 Å². The molecular formula is C11H20O2Si. The molecule has 1 unspecified atom stereocenters. The molecule has 0 aromatic rings. The molecule has 0 aliphatic heterocycles. The van der Waals surface area contributed by atoms with Gasteiger partial charge in [0.05, 0.1) is 0 Å². The average Bonchev–Trinajstić information content (AvgIpc) is 1.97. The van der Waals surface area contributed by atoms with Crippen LogP contribution in [0.3, 0.4) is 0 Å². The van der Waals surface area contributed by atoms with Crippen LogP contribution >= 0.6 is 0 Å². The Morgan fingerprint density at radius 1 is 1.36 bits per heavy atom. The molecule has 0 rings (SSSR count). The van der Waals surface area contributed by atoms with Crippen molar-refractivity contribution >= 4 is 14.6 Å². The monoisotopic (exact) mass is 212 g/mol. The summed E-state index contributed by atoms with van der Waals surface area (Å²) in [5.41, 5.74) is 0. The van der Waals surface area contributed by atoms with Crippen LogP contribution in [-0.2, 0) is 9.22 Å². The summed E-state index contributed by atoms with van der Waals surface area (Å²) in [6, 6.07) is 0. The Bertz CT molecular complexity index is 253. The van der Waals surface area contributed by atoms with Gasteiger partial charge in [-0.2, -0.15) is 0 Å². The number of hydrogen-bond donors (Lipinski definition) is 0. The van der Waals surface area contributed by atoms with E-state index < -0.39 is 8.32 Å². The lowest BCUT2D eigenvalue weighted by atomic mass is 10.2. The molecule has 0 aromatic carbocycles. The van der Waals surface area contributed by atoms with E-state index in [1.807, 2.05) is 6.92 Å². The van der Waals surface area contributed by atoms with E-state index in [2.05, 4.69) is 45.7 Å². The van der Waals surface area contributed by atoms with Crippen LogP contribution in [0.4, 0.5) is 0 Å². The fourth-order valence-corrected chi connectivity index (χ4v) is 2.10. The molecule has 0 saturated carbocycles. The van der Waals surface area contributed by atoms with Gasteiger partial charge in [0.1, 0.15) is 6.10 Å². The molecule has 0 bridgehead atoms. The van der Waals surface area contributed by atoms with Gasteiger partial charge in [0, 0.05) is 0 Å². The molecule has 0 radical (unpaired) electrons. The van der Waals surface area contributed by atoms with Crippen LogP contribution in [0.5, 0.6) is 0 Å². The summed E-state index contributed by atoms with van der Waals surface area (Å²) in [5.74, 6) is 5.14. The van der Waals surface area contributed by atoms with Crippen LogP contribution in [-0.4, -0.2) is 20.7 Å². The predicted molar refractivity (Wildman–Crippen MR) is 61.6 cm³/mol. The maximum absolute atomic E-state index is 10.1. The van der Waals surface area contributed by atoms with Gasteiger partial charge in [0.15, 0.2) is 14.6 Å². The van der Waals surface area contributed by atoms with Gasteiger partial charge >= 0.3 is 0 Å². The second-order valence-corrected chi connectivity index (χ2v) is 9.68. The Balaban J connectivity index is 4.44. The first kappa shape index (κ1) is 13.4. The minimum Gasteiger partial charge on any atom is -0.404 e. The predicted octanol–water partition coefficient (Wildman–Crippen LogP) is 2.60. The van der Waals surface area contributed by atoms with Crippen molar-refractivity contribution in [2.24, 2.45) is 0 Å². The molecule has 14 heavy (non-hydrogen) atoms.